The van der Waals surface area contributed by atoms with E-state index in [1.807, 2.05) is 0 Å². The summed E-state index contributed by atoms with van der Waals surface area (Å²) in [5, 5.41) is 0. The third-order valence-corrected chi connectivity index (χ3v) is 3.83. The van der Waals surface area contributed by atoms with E-state index in [0.29, 0.717) is 25.0 Å². The predicted molar refractivity (Wildman–Crippen MR) is 70.2 cm³/mol. The van der Waals surface area contributed by atoms with Gasteiger partial charge in [0, 0.05) is 0 Å². The molecule has 0 spiro atoms. The summed E-state index contributed by atoms with van der Waals surface area (Å²) in [6, 6.07) is 0. The molecule has 0 atom stereocenters. The van der Waals surface area contributed by atoms with Crippen LogP contribution in [0, 0.1) is 11.8 Å². The highest BCUT2D eigenvalue weighted by atomic mass is 31.2. The van der Waals surface area contributed by atoms with E-state index in [2.05, 4.69) is 27.7 Å². The SMILES string of the molecule is CC(C)CCOP(OCCC(C)C)OP(O)O. The van der Waals surface area contributed by atoms with Crippen LogP contribution in [0.25, 0.3) is 0 Å². The van der Waals surface area contributed by atoms with Crippen molar-refractivity contribution >= 4 is 17.2 Å². The maximum atomic E-state index is 8.79. The molecule has 0 fully saturated rings. The van der Waals surface area contributed by atoms with Crippen molar-refractivity contribution in [3.63, 3.8) is 0 Å². The van der Waals surface area contributed by atoms with Crippen LogP contribution in [0.4, 0.5) is 0 Å². The highest BCUT2D eigenvalue weighted by Gasteiger charge is 2.18. The Morgan fingerprint density at radius 3 is 1.59 bits per heavy atom. The highest BCUT2D eigenvalue weighted by molar-refractivity contribution is 7.54. The van der Waals surface area contributed by atoms with Crippen LogP contribution in [-0.4, -0.2) is 23.0 Å². The van der Waals surface area contributed by atoms with Crippen molar-refractivity contribution in [3.05, 3.63) is 0 Å². The summed E-state index contributed by atoms with van der Waals surface area (Å²) in [4.78, 5) is 17.6. The minimum atomic E-state index is -2.42. The van der Waals surface area contributed by atoms with E-state index in [1.54, 1.807) is 0 Å². The second-order valence-electron chi connectivity index (χ2n) is 4.59. The summed E-state index contributed by atoms with van der Waals surface area (Å²) < 4.78 is 15.5. The second kappa shape index (κ2) is 10.6. The van der Waals surface area contributed by atoms with E-state index >= 15 is 0 Å². The van der Waals surface area contributed by atoms with Gasteiger partial charge in [-0.15, -0.1) is 0 Å². The molecule has 0 bridgehead atoms. The molecule has 0 unspecified atom stereocenters. The van der Waals surface area contributed by atoms with Crippen LogP contribution in [0.3, 0.4) is 0 Å². The lowest BCUT2D eigenvalue weighted by atomic mass is 10.2. The summed E-state index contributed by atoms with van der Waals surface area (Å²) in [7, 11) is -4.06. The van der Waals surface area contributed by atoms with Crippen LogP contribution in [0.15, 0.2) is 0 Å². The lowest BCUT2D eigenvalue weighted by molar-refractivity contribution is 0.184. The normalized spacial score (nSPS) is 12.4. The molecule has 0 saturated heterocycles. The Labute approximate surface area is 106 Å². The van der Waals surface area contributed by atoms with Gasteiger partial charge in [0.05, 0.1) is 13.2 Å². The fraction of sp³-hybridized carbons (Fsp3) is 1.00. The van der Waals surface area contributed by atoms with Crippen molar-refractivity contribution in [2.45, 2.75) is 40.5 Å². The summed E-state index contributed by atoms with van der Waals surface area (Å²) in [5.41, 5.74) is 0. The molecule has 0 aromatic rings. The van der Waals surface area contributed by atoms with E-state index in [9.17, 15) is 0 Å². The van der Waals surface area contributed by atoms with Crippen molar-refractivity contribution in [3.8, 4) is 0 Å². The standard InChI is InChI=1S/C10H24O5P2/c1-9(2)5-7-13-17(15-16(11)12)14-8-6-10(3)4/h9-12H,5-8H2,1-4H3. The third kappa shape index (κ3) is 12.9. The van der Waals surface area contributed by atoms with Gasteiger partial charge in [-0.05, 0) is 24.7 Å². The first-order valence-electron chi connectivity index (χ1n) is 5.83. The Balaban J connectivity index is 3.79. The largest absolute Gasteiger partial charge is 0.339 e. The van der Waals surface area contributed by atoms with Gasteiger partial charge >= 0.3 is 17.2 Å². The molecule has 0 radical (unpaired) electrons. The monoisotopic (exact) mass is 286 g/mol. The van der Waals surface area contributed by atoms with Crippen molar-refractivity contribution in [2.75, 3.05) is 13.2 Å². The molecule has 0 aromatic heterocycles. The Morgan fingerprint density at radius 2 is 1.29 bits per heavy atom. The molecule has 104 valence electrons. The number of rotatable bonds is 10. The van der Waals surface area contributed by atoms with Gasteiger partial charge in [-0.25, -0.2) is 4.31 Å². The van der Waals surface area contributed by atoms with Crippen LogP contribution in [0.5, 0.6) is 0 Å². The van der Waals surface area contributed by atoms with Crippen molar-refractivity contribution < 1.29 is 23.1 Å². The minimum Gasteiger partial charge on any atom is -0.328 e. The zero-order valence-corrected chi connectivity index (χ0v) is 12.8. The third-order valence-electron chi connectivity index (χ3n) is 1.92. The Bertz CT molecular complexity index is 164. The quantitative estimate of drug-likeness (QED) is 0.601. The molecule has 0 heterocycles. The maximum absolute atomic E-state index is 8.79. The predicted octanol–water partition coefficient (Wildman–Crippen LogP) is 3.57. The van der Waals surface area contributed by atoms with Gasteiger partial charge in [-0.1, -0.05) is 27.7 Å². The number of hydrogen-bond acceptors (Lipinski definition) is 5. The molecule has 5 nitrogen and oxygen atoms in total. The maximum Gasteiger partial charge on any atom is 0.339 e. The van der Waals surface area contributed by atoms with Crippen LogP contribution < -0.4 is 0 Å². The highest BCUT2D eigenvalue weighted by Crippen LogP contribution is 2.50. The van der Waals surface area contributed by atoms with Crippen molar-refractivity contribution in [1.29, 1.82) is 0 Å². The molecule has 0 amide bonds. The van der Waals surface area contributed by atoms with Gasteiger partial charge in [-0.2, -0.15) is 0 Å². The zero-order valence-electron chi connectivity index (χ0n) is 11.0. The number of hydrogen-bond donors (Lipinski definition) is 2. The molecular formula is C10H24O5P2. The fourth-order valence-corrected chi connectivity index (χ4v) is 2.31. The van der Waals surface area contributed by atoms with E-state index in [0.717, 1.165) is 12.8 Å². The first-order valence-corrected chi connectivity index (χ1v) is 8.09. The van der Waals surface area contributed by atoms with Crippen LogP contribution in [0.2, 0.25) is 0 Å². The molecule has 0 aromatic carbocycles. The van der Waals surface area contributed by atoms with E-state index in [4.69, 9.17) is 23.1 Å². The lowest BCUT2D eigenvalue weighted by Crippen LogP contribution is -2.01. The van der Waals surface area contributed by atoms with Gasteiger partial charge in [0.25, 0.3) is 0 Å². The molecule has 0 aliphatic rings. The van der Waals surface area contributed by atoms with Crippen LogP contribution in [0.1, 0.15) is 40.5 Å². The molecule has 0 aliphatic heterocycles. The molecule has 0 saturated carbocycles. The lowest BCUT2D eigenvalue weighted by Gasteiger charge is -2.17. The Hall–Kier alpha value is 0.660. The topological polar surface area (TPSA) is 68.2 Å². The Morgan fingerprint density at radius 1 is 0.882 bits per heavy atom. The summed E-state index contributed by atoms with van der Waals surface area (Å²) in [6.45, 7) is 9.39. The van der Waals surface area contributed by atoms with Gasteiger partial charge in [0.1, 0.15) is 0 Å². The minimum absolute atomic E-state index is 0.508. The average molecular weight is 286 g/mol. The summed E-state index contributed by atoms with van der Waals surface area (Å²) in [6.07, 6.45) is 1.79. The van der Waals surface area contributed by atoms with Crippen molar-refractivity contribution in [2.24, 2.45) is 11.8 Å². The van der Waals surface area contributed by atoms with Crippen LogP contribution >= 0.6 is 17.2 Å². The van der Waals surface area contributed by atoms with E-state index < -0.39 is 17.2 Å². The van der Waals surface area contributed by atoms with Gasteiger partial charge in [0.2, 0.25) is 0 Å². The molecular weight excluding hydrogens is 262 g/mol. The van der Waals surface area contributed by atoms with Crippen molar-refractivity contribution in [1.82, 2.24) is 0 Å². The zero-order chi connectivity index (χ0) is 13.3. The van der Waals surface area contributed by atoms with Gasteiger partial charge in [0.15, 0.2) is 0 Å². The van der Waals surface area contributed by atoms with E-state index in [1.165, 1.54) is 0 Å². The molecule has 2 N–H and O–H groups in total. The second-order valence-corrected chi connectivity index (χ2v) is 6.71. The first-order chi connectivity index (χ1) is 7.91. The fourth-order valence-electron chi connectivity index (χ4n) is 0.870. The summed E-state index contributed by atoms with van der Waals surface area (Å²) in [5.74, 6) is 1.07. The van der Waals surface area contributed by atoms with Gasteiger partial charge in [-0.3, -0.25) is 0 Å². The van der Waals surface area contributed by atoms with E-state index in [-0.39, 0.29) is 0 Å². The molecule has 7 heteroatoms. The molecule has 0 aliphatic carbocycles. The first kappa shape index (κ1) is 17.7. The average Bonchev–Trinajstić information content (AvgIpc) is 2.15. The summed E-state index contributed by atoms with van der Waals surface area (Å²) >= 11 is 0. The molecule has 0 rings (SSSR count). The Kier molecular flexibility index (Phi) is 11.0. The van der Waals surface area contributed by atoms with Crippen LogP contribution in [-0.2, 0) is 13.4 Å². The van der Waals surface area contributed by atoms with Gasteiger partial charge < -0.3 is 18.8 Å². The molecule has 17 heavy (non-hydrogen) atoms. The smallest absolute Gasteiger partial charge is 0.328 e.